The van der Waals surface area contributed by atoms with Gasteiger partial charge in [0.1, 0.15) is 0 Å². The minimum Gasteiger partial charge on any atom is -0.322 e. The van der Waals surface area contributed by atoms with Crippen molar-refractivity contribution >= 4 is 27.9 Å². The Kier molecular flexibility index (Phi) is 5.74. The van der Waals surface area contributed by atoms with Crippen molar-refractivity contribution in [2.24, 2.45) is 0 Å². The number of carbonyl (C=O) groups is 1. The summed E-state index contributed by atoms with van der Waals surface area (Å²) in [5, 5.41) is 4.81. The van der Waals surface area contributed by atoms with Crippen LogP contribution in [0.15, 0.2) is 77.0 Å². The second kappa shape index (κ2) is 8.61. The lowest BCUT2D eigenvalue weighted by atomic mass is 10.1. The third-order valence-corrected chi connectivity index (χ3v) is 5.85. The van der Waals surface area contributed by atoms with E-state index < -0.39 is 0 Å². The van der Waals surface area contributed by atoms with Gasteiger partial charge in [-0.3, -0.25) is 18.9 Å². The fourth-order valence-electron chi connectivity index (χ4n) is 3.28. The smallest absolute Gasteiger partial charge is 0.258 e. The van der Waals surface area contributed by atoms with Crippen molar-refractivity contribution in [1.82, 2.24) is 14.3 Å². The Morgan fingerprint density at radius 3 is 2.77 bits per heavy atom. The minimum absolute atomic E-state index is 0.0667. The molecule has 4 aromatic rings. The van der Waals surface area contributed by atoms with Gasteiger partial charge in [0.15, 0.2) is 4.96 Å². The van der Waals surface area contributed by atoms with E-state index >= 15 is 0 Å². The fraction of sp³-hybridized carbons (Fsp3) is 0.174. The van der Waals surface area contributed by atoms with Crippen LogP contribution in [-0.2, 0) is 6.54 Å². The Morgan fingerprint density at radius 1 is 1.17 bits per heavy atom. The number of hydrogen-bond donors (Lipinski definition) is 1. The molecule has 30 heavy (non-hydrogen) atoms. The van der Waals surface area contributed by atoms with Gasteiger partial charge in [0.2, 0.25) is 0 Å². The average Bonchev–Trinajstić information content (AvgIpc) is 3.23. The van der Waals surface area contributed by atoms with Gasteiger partial charge in [-0.05, 0) is 43.8 Å². The molecule has 0 aliphatic heterocycles. The van der Waals surface area contributed by atoms with E-state index in [0.29, 0.717) is 17.1 Å². The lowest BCUT2D eigenvalue weighted by Crippen LogP contribution is -2.24. The Balaban J connectivity index is 1.48. The molecule has 1 N–H and O–H groups in total. The van der Waals surface area contributed by atoms with E-state index in [1.807, 2.05) is 54.9 Å². The fourth-order valence-corrected chi connectivity index (χ4v) is 4.02. The molecule has 0 radical (unpaired) electrons. The van der Waals surface area contributed by atoms with Crippen LogP contribution >= 0.6 is 11.3 Å². The van der Waals surface area contributed by atoms with Crippen LogP contribution in [0.1, 0.15) is 34.6 Å². The van der Waals surface area contributed by atoms with Crippen LogP contribution < -0.4 is 10.9 Å². The topological polar surface area (TPSA) is 66.7 Å². The molecule has 0 fully saturated rings. The molecule has 1 unspecified atom stereocenters. The Morgan fingerprint density at radius 2 is 1.97 bits per heavy atom. The molecular formula is C23H22N4O2S. The zero-order valence-corrected chi connectivity index (χ0v) is 17.6. The lowest BCUT2D eigenvalue weighted by molar-refractivity contribution is 0.102. The highest BCUT2D eigenvalue weighted by molar-refractivity contribution is 7.15. The second-order valence-electron chi connectivity index (χ2n) is 7.18. The van der Waals surface area contributed by atoms with E-state index in [0.717, 1.165) is 16.9 Å². The molecule has 2 aromatic carbocycles. The highest BCUT2D eigenvalue weighted by atomic mass is 32.1. The quantitative estimate of drug-likeness (QED) is 0.510. The predicted molar refractivity (Wildman–Crippen MR) is 120 cm³/mol. The number of amides is 1. The average molecular weight is 419 g/mol. The van der Waals surface area contributed by atoms with E-state index in [2.05, 4.69) is 22.1 Å². The minimum atomic E-state index is -0.136. The van der Waals surface area contributed by atoms with Gasteiger partial charge in [-0.15, -0.1) is 11.3 Å². The van der Waals surface area contributed by atoms with Crippen LogP contribution in [0.25, 0.3) is 4.96 Å². The molecular weight excluding hydrogens is 396 g/mol. The van der Waals surface area contributed by atoms with Crippen LogP contribution in [0.3, 0.4) is 0 Å². The van der Waals surface area contributed by atoms with E-state index in [-0.39, 0.29) is 17.5 Å². The highest BCUT2D eigenvalue weighted by Crippen LogP contribution is 2.23. The first-order chi connectivity index (χ1) is 14.5. The van der Waals surface area contributed by atoms with Crippen molar-refractivity contribution < 1.29 is 4.79 Å². The number of rotatable bonds is 6. The van der Waals surface area contributed by atoms with Gasteiger partial charge in [-0.1, -0.05) is 30.3 Å². The van der Waals surface area contributed by atoms with Crippen LogP contribution in [0.4, 0.5) is 5.69 Å². The summed E-state index contributed by atoms with van der Waals surface area (Å²) in [5.41, 5.74) is 3.11. The van der Waals surface area contributed by atoms with Crippen molar-refractivity contribution in [3.63, 3.8) is 0 Å². The molecule has 7 heteroatoms. The van der Waals surface area contributed by atoms with Gasteiger partial charge < -0.3 is 5.32 Å². The number of nitrogens with one attached hydrogen (secondary N) is 1. The monoisotopic (exact) mass is 418 g/mol. The zero-order chi connectivity index (χ0) is 21.1. The number of carbonyl (C=O) groups excluding carboxylic acids is 1. The Bertz CT molecular complexity index is 1230. The van der Waals surface area contributed by atoms with Gasteiger partial charge in [0, 0.05) is 41.5 Å². The maximum Gasteiger partial charge on any atom is 0.258 e. The summed E-state index contributed by atoms with van der Waals surface area (Å²) in [5.74, 6) is -0.136. The van der Waals surface area contributed by atoms with Crippen LogP contribution in [0.2, 0.25) is 0 Å². The third-order valence-electron chi connectivity index (χ3n) is 5.09. The molecule has 0 aliphatic carbocycles. The van der Waals surface area contributed by atoms with Gasteiger partial charge in [-0.25, -0.2) is 4.98 Å². The van der Waals surface area contributed by atoms with Crippen LogP contribution in [0.5, 0.6) is 0 Å². The molecule has 152 valence electrons. The Labute approximate surface area is 178 Å². The molecule has 1 atom stereocenters. The van der Waals surface area contributed by atoms with Gasteiger partial charge in [0.25, 0.3) is 11.5 Å². The highest BCUT2D eigenvalue weighted by Gasteiger charge is 2.15. The number of nitrogens with zero attached hydrogens (tertiary/aromatic N) is 3. The third kappa shape index (κ3) is 4.32. The van der Waals surface area contributed by atoms with Crippen molar-refractivity contribution in [1.29, 1.82) is 0 Å². The predicted octanol–water partition coefficient (Wildman–Crippen LogP) is 4.20. The van der Waals surface area contributed by atoms with Crippen molar-refractivity contribution in [2.45, 2.75) is 19.5 Å². The van der Waals surface area contributed by atoms with Gasteiger partial charge >= 0.3 is 0 Å². The number of anilines is 1. The van der Waals surface area contributed by atoms with Crippen molar-refractivity contribution in [2.75, 3.05) is 12.4 Å². The molecule has 4 rings (SSSR count). The maximum atomic E-state index is 12.4. The molecule has 1 amide bonds. The van der Waals surface area contributed by atoms with Gasteiger partial charge in [0.05, 0.1) is 5.69 Å². The number of hydrogen-bond acceptors (Lipinski definition) is 5. The summed E-state index contributed by atoms with van der Waals surface area (Å²) in [7, 11) is 2.00. The first-order valence-electron chi connectivity index (χ1n) is 9.63. The number of thiazole rings is 1. The summed E-state index contributed by atoms with van der Waals surface area (Å²) >= 11 is 1.45. The first kappa shape index (κ1) is 20.0. The summed E-state index contributed by atoms with van der Waals surface area (Å²) in [6, 6.07) is 18.6. The first-order valence-corrected chi connectivity index (χ1v) is 10.5. The molecule has 0 aliphatic rings. The van der Waals surface area contributed by atoms with E-state index in [4.69, 9.17) is 0 Å². The molecule has 0 saturated carbocycles. The summed E-state index contributed by atoms with van der Waals surface area (Å²) in [4.78, 5) is 32.1. The molecule has 0 bridgehead atoms. The molecule has 0 saturated heterocycles. The van der Waals surface area contributed by atoms with E-state index in [1.165, 1.54) is 11.3 Å². The maximum absolute atomic E-state index is 12.4. The summed E-state index contributed by atoms with van der Waals surface area (Å²) in [6.45, 7) is 2.64. The number of aromatic nitrogens is 2. The Hall–Kier alpha value is -3.29. The standard InChI is InChI=1S/C23H22N4O2S/c1-16(26(2)15-20-14-21(28)27-11-12-30-23(27)25-20)18-9-6-10-19(13-18)24-22(29)17-7-4-3-5-8-17/h3-14,16H,15H2,1-2H3,(H,24,29). The number of benzene rings is 2. The SMILES string of the molecule is CC(c1cccc(NC(=O)c2ccccc2)c1)N(C)Cc1cc(=O)n2ccsc2n1. The molecule has 2 aromatic heterocycles. The largest absolute Gasteiger partial charge is 0.322 e. The summed E-state index contributed by atoms with van der Waals surface area (Å²) in [6.07, 6.45) is 1.74. The van der Waals surface area contributed by atoms with E-state index in [9.17, 15) is 9.59 Å². The van der Waals surface area contributed by atoms with Crippen LogP contribution in [0, 0.1) is 0 Å². The molecule has 0 spiro atoms. The zero-order valence-electron chi connectivity index (χ0n) is 16.8. The molecule has 6 nitrogen and oxygen atoms in total. The second-order valence-corrected chi connectivity index (χ2v) is 8.05. The van der Waals surface area contributed by atoms with Crippen molar-refractivity contribution in [3.8, 4) is 0 Å². The normalized spacial score (nSPS) is 12.2. The van der Waals surface area contributed by atoms with Gasteiger partial charge in [-0.2, -0.15) is 0 Å². The van der Waals surface area contributed by atoms with Crippen molar-refractivity contribution in [3.05, 3.63) is 99.4 Å². The lowest BCUT2D eigenvalue weighted by Gasteiger charge is -2.25. The van der Waals surface area contributed by atoms with E-state index in [1.54, 1.807) is 28.8 Å². The molecule has 2 heterocycles. The summed E-state index contributed by atoms with van der Waals surface area (Å²) < 4.78 is 1.55. The number of fused-ring (bicyclic) bond motifs is 1. The van der Waals surface area contributed by atoms with Crippen LogP contribution in [-0.4, -0.2) is 27.2 Å².